The van der Waals surface area contributed by atoms with Crippen molar-refractivity contribution in [1.29, 1.82) is 0 Å². The van der Waals surface area contributed by atoms with Gasteiger partial charge >= 0.3 is 0 Å². The van der Waals surface area contributed by atoms with Gasteiger partial charge in [0.15, 0.2) is 9.84 Å². The van der Waals surface area contributed by atoms with Crippen molar-refractivity contribution in [1.82, 2.24) is 0 Å². The maximum Gasteiger partial charge on any atom is 0.178 e. The summed E-state index contributed by atoms with van der Waals surface area (Å²) in [5, 5.41) is 9.57. The van der Waals surface area contributed by atoms with Crippen molar-refractivity contribution in [3.8, 4) is 0 Å². The third-order valence-electron chi connectivity index (χ3n) is 2.19. The Kier molecular flexibility index (Phi) is 3.67. The van der Waals surface area contributed by atoms with Crippen LogP contribution in [0.4, 0.5) is 4.39 Å². The van der Waals surface area contributed by atoms with Crippen molar-refractivity contribution < 1.29 is 17.9 Å². The van der Waals surface area contributed by atoms with E-state index in [0.717, 1.165) is 18.4 Å². The van der Waals surface area contributed by atoms with Crippen molar-refractivity contribution in [2.75, 3.05) is 6.26 Å². The molecule has 2 atom stereocenters. The molecule has 0 saturated carbocycles. The molecule has 2 unspecified atom stereocenters. The lowest BCUT2D eigenvalue weighted by Crippen LogP contribution is -2.24. The lowest BCUT2D eigenvalue weighted by Gasteiger charge is -2.15. The molecule has 1 rings (SSSR count). The fourth-order valence-electron chi connectivity index (χ4n) is 1.31. The molecule has 0 heterocycles. The van der Waals surface area contributed by atoms with Crippen LogP contribution in [0.25, 0.3) is 0 Å². The quantitative estimate of drug-likeness (QED) is 0.820. The van der Waals surface area contributed by atoms with Crippen molar-refractivity contribution in [3.63, 3.8) is 0 Å². The van der Waals surface area contributed by atoms with Gasteiger partial charge in [0.1, 0.15) is 10.7 Å². The van der Waals surface area contributed by atoms with E-state index < -0.39 is 27.8 Å². The molecule has 0 aliphatic rings. The predicted octanol–water partition coefficient (Wildman–Crippen LogP) is 0.610. The molecular weight excluding hydrogens is 233 g/mol. The number of benzene rings is 1. The molecule has 0 amide bonds. The highest BCUT2D eigenvalue weighted by Gasteiger charge is 2.18. The molecule has 0 bridgehead atoms. The summed E-state index contributed by atoms with van der Waals surface area (Å²) in [5.41, 5.74) is 5.71. The minimum atomic E-state index is -3.58. The van der Waals surface area contributed by atoms with Gasteiger partial charge in [0.25, 0.3) is 0 Å². The highest BCUT2D eigenvalue weighted by molar-refractivity contribution is 7.90. The largest absolute Gasteiger partial charge is 0.387 e. The van der Waals surface area contributed by atoms with Crippen LogP contribution < -0.4 is 5.73 Å². The molecule has 0 saturated heterocycles. The standard InChI is InChI=1S/C10H14FNO3S/c1-6(12)10(13)7-3-4-9(8(11)5-7)16(2,14)15/h3-6,10,13H,12H2,1-2H3. The van der Waals surface area contributed by atoms with Crippen LogP contribution in [0.15, 0.2) is 23.1 Å². The first kappa shape index (κ1) is 13.1. The van der Waals surface area contributed by atoms with E-state index in [2.05, 4.69) is 0 Å². The van der Waals surface area contributed by atoms with E-state index in [9.17, 15) is 17.9 Å². The summed E-state index contributed by atoms with van der Waals surface area (Å²) < 4.78 is 35.7. The van der Waals surface area contributed by atoms with E-state index in [1.54, 1.807) is 6.92 Å². The van der Waals surface area contributed by atoms with Crippen molar-refractivity contribution in [2.24, 2.45) is 5.73 Å². The van der Waals surface area contributed by atoms with Crippen molar-refractivity contribution in [2.45, 2.75) is 24.0 Å². The summed E-state index contributed by atoms with van der Waals surface area (Å²) in [6.07, 6.45) is -0.0873. The van der Waals surface area contributed by atoms with Gasteiger partial charge in [0, 0.05) is 12.3 Å². The summed E-state index contributed by atoms with van der Waals surface area (Å²) in [6.45, 7) is 1.58. The normalized spacial score (nSPS) is 15.8. The highest BCUT2D eigenvalue weighted by Crippen LogP contribution is 2.21. The monoisotopic (exact) mass is 247 g/mol. The molecule has 3 N–H and O–H groups in total. The maximum absolute atomic E-state index is 13.4. The highest BCUT2D eigenvalue weighted by atomic mass is 32.2. The van der Waals surface area contributed by atoms with E-state index in [1.165, 1.54) is 6.07 Å². The number of rotatable bonds is 3. The third-order valence-corrected chi connectivity index (χ3v) is 3.32. The van der Waals surface area contributed by atoms with E-state index in [1.807, 2.05) is 0 Å². The topological polar surface area (TPSA) is 80.4 Å². The van der Waals surface area contributed by atoms with Crippen LogP contribution in [-0.4, -0.2) is 25.8 Å². The number of sulfone groups is 1. The summed E-state index contributed by atoms with van der Waals surface area (Å²) in [7, 11) is -3.58. The van der Waals surface area contributed by atoms with E-state index in [0.29, 0.717) is 0 Å². The average molecular weight is 247 g/mol. The van der Waals surface area contributed by atoms with Gasteiger partial charge in [0.2, 0.25) is 0 Å². The Morgan fingerprint density at radius 2 is 2.00 bits per heavy atom. The van der Waals surface area contributed by atoms with Crippen LogP contribution in [0.5, 0.6) is 0 Å². The zero-order valence-corrected chi connectivity index (χ0v) is 9.83. The maximum atomic E-state index is 13.4. The Labute approximate surface area is 93.8 Å². The molecule has 1 aromatic rings. The van der Waals surface area contributed by atoms with Gasteiger partial charge in [-0.2, -0.15) is 0 Å². The molecule has 1 aromatic carbocycles. The zero-order chi connectivity index (χ0) is 12.5. The number of nitrogens with two attached hydrogens (primary N) is 1. The molecule has 0 spiro atoms. The Hall–Kier alpha value is -0.980. The minimum Gasteiger partial charge on any atom is -0.387 e. The Bertz CT molecular complexity index is 485. The first-order chi connectivity index (χ1) is 7.23. The number of hydrogen-bond acceptors (Lipinski definition) is 4. The summed E-state index contributed by atoms with van der Waals surface area (Å²) >= 11 is 0. The molecule has 6 heteroatoms. The van der Waals surface area contributed by atoms with Crippen LogP contribution in [0.2, 0.25) is 0 Å². The van der Waals surface area contributed by atoms with Crippen molar-refractivity contribution in [3.05, 3.63) is 29.6 Å². The molecule has 4 nitrogen and oxygen atoms in total. The number of halogens is 1. The third kappa shape index (κ3) is 2.78. The van der Waals surface area contributed by atoms with Crippen LogP contribution in [0, 0.1) is 5.82 Å². The molecule has 16 heavy (non-hydrogen) atoms. The number of aliphatic hydroxyl groups excluding tert-OH is 1. The van der Waals surface area contributed by atoms with E-state index in [-0.39, 0.29) is 10.5 Å². The second-order valence-electron chi connectivity index (χ2n) is 3.77. The minimum absolute atomic E-state index is 0.264. The van der Waals surface area contributed by atoms with Gasteiger partial charge in [-0.3, -0.25) is 0 Å². The SMILES string of the molecule is CC(N)C(O)c1ccc(S(C)(=O)=O)c(F)c1. The molecule has 0 radical (unpaired) electrons. The van der Waals surface area contributed by atoms with Crippen LogP contribution >= 0.6 is 0 Å². The van der Waals surface area contributed by atoms with Gasteiger partial charge in [-0.1, -0.05) is 6.07 Å². The Balaban J connectivity index is 3.20. The predicted molar refractivity (Wildman–Crippen MR) is 58.1 cm³/mol. The van der Waals surface area contributed by atoms with Gasteiger partial charge in [0.05, 0.1) is 6.10 Å². The molecule has 0 aliphatic carbocycles. The number of aliphatic hydroxyl groups is 1. The second-order valence-corrected chi connectivity index (χ2v) is 5.75. The molecule has 0 aromatic heterocycles. The Morgan fingerprint density at radius 1 is 1.44 bits per heavy atom. The van der Waals surface area contributed by atoms with Crippen LogP contribution in [0.1, 0.15) is 18.6 Å². The lowest BCUT2D eigenvalue weighted by molar-refractivity contribution is 0.153. The van der Waals surface area contributed by atoms with Gasteiger partial charge < -0.3 is 10.8 Å². The first-order valence-electron chi connectivity index (χ1n) is 4.66. The van der Waals surface area contributed by atoms with Crippen LogP contribution in [0.3, 0.4) is 0 Å². The first-order valence-corrected chi connectivity index (χ1v) is 6.56. The van der Waals surface area contributed by atoms with Crippen LogP contribution in [-0.2, 0) is 9.84 Å². The lowest BCUT2D eigenvalue weighted by atomic mass is 10.0. The second kappa shape index (κ2) is 4.48. The average Bonchev–Trinajstić information content (AvgIpc) is 2.14. The fraction of sp³-hybridized carbons (Fsp3) is 0.400. The molecule has 0 fully saturated rings. The number of hydrogen-bond donors (Lipinski definition) is 2. The fourth-order valence-corrected chi connectivity index (χ4v) is 2.03. The Morgan fingerprint density at radius 3 is 2.38 bits per heavy atom. The molecular formula is C10H14FNO3S. The summed E-state index contributed by atoms with van der Waals surface area (Å²) in [6, 6.07) is 2.92. The van der Waals surface area contributed by atoms with E-state index >= 15 is 0 Å². The molecule has 90 valence electrons. The van der Waals surface area contributed by atoms with Gasteiger partial charge in [-0.05, 0) is 24.6 Å². The smallest absolute Gasteiger partial charge is 0.178 e. The van der Waals surface area contributed by atoms with Crippen molar-refractivity contribution >= 4 is 9.84 Å². The van der Waals surface area contributed by atoms with Gasteiger partial charge in [-0.15, -0.1) is 0 Å². The summed E-state index contributed by atoms with van der Waals surface area (Å²) in [4.78, 5) is -0.381. The zero-order valence-electron chi connectivity index (χ0n) is 9.01. The summed E-state index contributed by atoms with van der Waals surface area (Å²) in [5.74, 6) is -0.875. The van der Waals surface area contributed by atoms with E-state index in [4.69, 9.17) is 5.73 Å². The van der Waals surface area contributed by atoms with Gasteiger partial charge in [-0.25, -0.2) is 12.8 Å². The molecule has 0 aliphatic heterocycles.